The number of hydrogen-bond acceptors (Lipinski definition) is 8. The molecule has 4 heterocycles. The maximum absolute atomic E-state index is 14.7. The number of aliphatic hydroxyl groups is 1. The number of halogens is 5. The molecular weight excluding hydrogens is 687 g/mol. The Labute approximate surface area is 292 Å². The summed E-state index contributed by atoms with van der Waals surface area (Å²) in [7, 11) is 0. The molecule has 0 saturated carbocycles. The number of nitrogens with zero attached hydrogens (tertiary/aromatic N) is 6. The smallest absolute Gasteiger partial charge is 0.246 e. The molecule has 9 nitrogen and oxygen atoms in total. The van der Waals surface area contributed by atoms with Gasteiger partial charge in [-0.2, -0.15) is 5.26 Å². The Morgan fingerprint density at radius 2 is 1.83 bits per heavy atom. The van der Waals surface area contributed by atoms with Gasteiger partial charge in [0.1, 0.15) is 17.5 Å². The highest BCUT2D eigenvalue weighted by Crippen LogP contribution is 2.51. The van der Waals surface area contributed by atoms with E-state index >= 15 is 0 Å². The highest BCUT2D eigenvalue weighted by Gasteiger charge is 2.42. The lowest BCUT2D eigenvalue weighted by Crippen LogP contribution is -2.58. The van der Waals surface area contributed by atoms with E-state index in [0.29, 0.717) is 35.7 Å². The predicted molar refractivity (Wildman–Crippen MR) is 185 cm³/mol. The largest absolute Gasteiger partial charge is 0.395 e. The number of nitrogens with two attached hydrogens (primary N) is 1. The van der Waals surface area contributed by atoms with Crippen LogP contribution < -0.4 is 10.6 Å². The topological polar surface area (TPSA) is 123 Å². The second-order valence-corrected chi connectivity index (χ2v) is 13.5. The summed E-state index contributed by atoms with van der Waals surface area (Å²) in [6.45, 7) is 13.9. The zero-order valence-corrected chi connectivity index (χ0v) is 29.3. The third-order valence-electron chi connectivity index (χ3n) is 8.46. The van der Waals surface area contributed by atoms with Gasteiger partial charge < -0.3 is 20.6 Å². The number of carbonyl (C=O) groups is 1. The number of nitrogen functional groups attached to an aromatic ring is 1. The summed E-state index contributed by atoms with van der Waals surface area (Å²) >= 11 is 26.2. The van der Waals surface area contributed by atoms with Crippen LogP contribution in [0.5, 0.6) is 0 Å². The normalized spacial score (nSPS) is 19.6. The van der Waals surface area contributed by atoms with E-state index in [9.17, 15) is 19.6 Å². The zero-order chi connectivity index (χ0) is 34.6. The van der Waals surface area contributed by atoms with Crippen LogP contribution in [-0.4, -0.2) is 62.2 Å². The van der Waals surface area contributed by atoms with Gasteiger partial charge in [-0.05, 0) is 50.5 Å². The van der Waals surface area contributed by atoms with E-state index in [4.69, 9.17) is 57.1 Å². The lowest BCUT2D eigenvalue weighted by molar-refractivity contribution is -0.132. The summed E-state index contributed by atoms with van der Waals surface area (Å²) < 4.78 is 14.7. The van der Waals surface area contributed by atoms with Crippen LogP contribution in [0.15, 0.2) is 36.6 Å². The summed E-state index contributed by atoms with van der Waals surface area (Å²) in [5, 5.41) is 21.8. The molecule has 0 spiro atoms. The molecule has 2 aliphatic heterocycles. The molecule has 3 atom stereocenters. The number of aromatic nitrogens is 2. The standard InChI is InChI=1S/C33H32Cl4FN7O2/c1-7-21(46)44-16(5)12-43(13-17(44)6)31-18-10-20(34)29(22-23(35)25(37)26(38)27(40)24(22)36)42-32(18)45(33(47)19(31)11-39)30-15(4)8-9-41-28(30)14(2)3/h7-10,14,16-17,33,47H,1,12-13,40H2,2-6H3/t16-,17+,33?. The van der Waals surface area contributed by atoms with Crippen molar-refractivity contribution in [1.29, 1.82) is 5.26 Å². The van der Waals surface area contributed by atoms with Crippen molar-refractivity contribution < 1.29 is 14.3 Å². The molecule has 0 radical (unpaired) electrons. The van der Waals surface area contributed by atoms with E-state index in [1.807, 2.05) is 39.5 Å². The first kappa shape index (κ1) is 34.7. The van der Waals surface area contributed by atoms with E-state index < -0.39 is 22.8 Å². The lowest BCUT2D eigenvalue weighted by Gasteiger charge is -2.48. The minimum absolute atomic E-state index is 0.00173. The van der Waals surface area contributed by atoms with Crippen molar-refractivity contribution in [2.75, 3.05) is 23.7 Å². The number of aliphatic hydroxyl groups excluding tert-OH is 1. The van der Waals surface area contributed by atoms with Gasteiger partial charge in [0, 0.05) is 42.5 Å². The number of piperazine rings is 1. The van der Waals surface area contributed by atoms with Gasteiger partial charge in [0.2, 0.25) is 5.91 Å². The van der Waals surface area contributed by atoms with Gasteiger partial charge in [-0.1, -0.05) is 66.8 Å². The molecular formula is C33H32Cl4FN7O2. The Morgan fingerprint density at radius 3 is 2.40 bits per heavy atom. The summed E-state index contributed by atoms with van der Waals surface area (Å²) in [4.78, 5) is 27.4. The molecule has 0 aliphatic carbocycles. The molecule has 3 aromatic rings. The molecule has 5 rings (SSSR count). The monoisotopic (exact) mass is 717 g/mol. The van der Waals surface area contributed by atoms with Crippen molar-refractivity contribution in [2.45, 2.75) is 58.8 Å². The number of nitriles is 1. The third kappa shape index (κ3) is 5.68. The second kappa shape index (κ2) is 13.1. The maximum Gasteiger partial charge on any atom is 0.246 e. The molecule has 2 aliphatic rings. The van der Waals surface area contributed by atoms with E-state index in [-0.39, 0.29) is 61.6 Å². The summed E-state index contributed by atoms with van der Waals surface area (Å²) in [5.74, 6) is -1.06. The van der Waals surface area contributed by atoms with Crippen molar-refractivity contribution in [3.05, 3.63) is 79.3 Å². The van der Waals surface area contributed by atoms with Crippen LogP contribution in [0.25, 0.3) is 17.0 Å². The molecule has 1 fully saturated rings. The number of fused-ring (bicyclic) bond motifs is 1. The van der Waals surface area contributed by atoms with E-state index in [0.717, 1.165) is 5.56 Å². The number of hydrogen-bond donors (Lipinski definition) is 2. The quantitative estimate of drug-likeness (QED) is 0.119. The molecule has 47 heavy (non-hydrogen) atoms. The average Bonchev–Trinajstić information content (AvgIpc) is 3.02. The number of aryl methyl sites for hydroxylation is 1. The van der Waals surface area contributed by atoms with Gasteiger partial charge in [0.15, 0.2) is 12.0 Å². The first-order valence-corrected chi connectivity index (χ1v) is 16.3. The number of pyridine rings is 2. The maximum atomic E-state index is 14.7. The Bertz CT molecular complexity index is 1850. The first-order chi connectivity index (χ1) is 22.2. The highest BCUT2D eigenvalue weighted by atomic mass is 35.5. The van der Waals surface area contributed by atoms with Gasteiger partial charge in [-0.25, -0.2) is 9.37 Å². The Kier molecular flexibility index (Phi) is 9.71. The first-order valence-electron chi connectivity index (χ1n) is 14.7. The van der Waals surface area contributed by atoms with E-state index in [1.165, 1.54) is 11.0 Å². The fourth-order valence-corrected chi connectivity index (χ4v) is 7.44. The fourth-order valence-electron chi connectivity index (χ4n) is 6.42. The lowest BCUT2D eigenvalue weighted by atomic mass is 9.94. The van der Waals surface area contributed by atoms with Crippen LogP contribution in [0.2, 0.25) is 20.1 Å². The molecule has 1 unspecified atom stereocenters. The van der Waals surface area contributed by atoms with Crippen LogP contribution in [0.4, 0.5) is 21.6 Å². The van der Waals surface area contributed by atoms with Gasteiger partial charge in [-0.3, -0.25) is 14.7 Å². The van der Waals surface area contributed by atoms with Crippen molar-refractivity contribution in [2.24, 2.45) is 0 Å². The van der Waals surface area contributed by atoms with Crippen molar-refractivity contribution in [1.82, 2.24) is 19.8 Å². The van der Waals surface area contributed by atoms with Crippen LogP contribution in [0.3, 0.4) is 0 Å². The molecule has 1 aromatic carbocycles. The summed E-state index contributed by atoms with van der Waals surface area (Å²) in [5.41, 5.74) is 8.38. The molecule has 0 bridgehead atoms. The minimum atomic E-state index is -1.52. The SMILES string of the molecule is C=CC(=O)N1[C@H](C)CN(C2=C(C#N)C(O)N(c3c(C)ccnc3C(C)C)c3nc(-c4c(Cl)c(N)c(F)c(Cl)c4Cl)c(Cl)cc32)C[C@@H]1C. The number of benzene rings is 1. The van der Waals surface area contributed by atoms with Crippen molar-refractivity contribution in [3.8, 4) is 17.3 Å². The third-order valence-corrected chi connectivity index (χ3v) is 9.97. The van der Waals surface area contributed by atoms with Crippen molar-refractivity contribution >= 4 is 75.2 Å². The van der Waals surface area contributed by atoms with Crippen molar-refractivity contribution in [3.63, 3.8) is 0 Å². The Balaban J connectivity index is 1.84. The predicted octanol–water partition coefficient (Wildman–Crippen LogP) is 7.72. The summed E-state index contributed by atoms with van der Waals surface area (Å²) in [6.07, 6.45) is 1.43. The molecule has 3 N–H and O–H groups in total. The number of anilines is 3. The van der Waals surface area contributed by atoms with Gasteiger partial charge >= 0.3 is 0 Å². The van der Waals surface area contributed by atoms with Gasteiger partial charge in [0.05, 0.1) is 48.6 Å². The van der Waals surface area contributed by atoms with Gasteiger partial charge in [0.25, 0.3) is 0 Å². The van der Waals surface area contributed by atoms with Crippen LogP contribution in [0, 0.1) is 24.1 Å². The van der Waals surface area contributed by atoms with E-state index in [2.05, 4.69) is 17.6 Å². The number of carbonyl (C=O) groups excluding carboxylic acids is 1. The molecule has 1 saturated heterocycles. The second-order valence-electron chi connectivity index (χ2n) is 11.9. The fraction of sp³-hybridized carbons (Fsp3) is 0.333. The number of amides is 1. The van der Waals surface area contributed by atoms with Crippen LogP contribution in [-0.2, 0) is 4.79 Å². The zero-order valence-electron chi connectivity index (χ0n) is 26.2. The molecule has 14 heteroatoms. The molecule has 246 valence electrons. The minimum Gasteiger partial charge on any atom is -0.395 e. The van der Waals surface area contributed by atoms with Crippen LogP contribution >= 0.6 is 46.4 Å². The summed E-state index contributed by atoms with van der Waals surface area (Å²) in [6, 6.07) is 5.08. The van der Waals surface area contributed by atoms with Crippen LogP contribution in [0.1, 0.15) is 50.4 Å². The Morgan fingerprint density at radius 1 is 1.19 bits per heavy atom. The number of rotatable bonds is 5. The van der Waals surface area contributed by atoms with Gasteiger partial charge in [-0.15, -0.1) is 0 Å². The van der Waals surface area contributed by atoms with E-state index in [1.54, 1.807) is 23.2 Å². The average molecular weight is 719 g/mol. The Hall–Kier alpha value is -3.59. The highest BCUT2D eigenvalue weighted by molar-refractivity contribution is 6.48. The molecule has 1 amide bonds. The molecule has 2 aromatic heterocycles.